The van der Waals surface area contributed by atoms with Gasteiger partial charge < -0.3 is 76.3 Å². The summed E-state index contributed by atoms with van der Waals surface area (Å²) in [6.07, 6.45) is 27.3. The number of nitrogens with one attached hydrogen (secondary N) is 3. The van der Waals surface area contributed by atoms with Crippen molar-refractivity contribution in [3.05, 3.63) is 330 Å². The molecule has 28 nitrogen and oxygen atoms in total. The van der Waals surface area contributed by atoms with E-state index in [2.05, 4.69) is 66.7 Å². The molecule has 12 aromatic rings. The van der Waals surface area contributed by atoms with Crippen LogP contribution in [-0.4, -0.2) is 93.1 Å². The normalized spacial score (nSPS) is 11.6. The van der Waals surface area contributed by atoms with E-state index in [9.17, 15) is 0 Å². The number of aromatic nitrogens is 8. The molecule has 0 bridgehead atoms. The Kier molecular flexibility index (Phi) is 42.3. The highest BCUT2D eigenvalue weighted by Gasteiger charge is 2.26. The van der Waals surface area contributed by atoms with Gasteiger partial charge in [-0.1, -0.05) is 33.5 Å². The SMILES string of the molecule is CN(C)c1ccc(N=Nc2n(C)cc[n+]2C)cc1.CN(N=Cc1cc[n+](C)cc1)c1ccccc1.CNc1ccc(N=Nc2n(C)cc[n+]2C)cc1.COc1ccc(N(C)N=Cc2cc[n+](C)cc2)cc1.C[N+]1=C(N=Nc2ccc(N)cc2)[NH+](C)C=C1.Cn1cc[n+](C)c1N=Nc1ccc(Nc2ccc(N)cc2)cc1.[CH3-].[CH3-].[CH3-].[CH3-].[CH3-].[CH3-]. The number of methoxy groups -OCH3 is 1. The van der Waals surface area contributed by atoms with E-state index in [0.717, 1.165) is 114 Å². The summed E-state index contributed by atoms with van der Waals surface area (Å²) in [5, 5.41) is 52.7. The van der Waals surface area contributed by atoms with Crippen LogP contribution < -0.4 is 69.5 Å². The predicted molar refractivity (Wildman–Crippen MR) is 477 cm³/mol. The zero-order valence-electron chi connectivity index (χ0n) is 71.5. The first-order valence-electron chi connectivity index (χ1n) is 35.1. The van der Waals surface area contributed by atoms with Crippen molar-refractivity contribution < 1.29 is 37.0 Å². The Labute approximate surface area is 688 Å². The minimum atomic E-state index is 0. The molecule has 7 aromatic carbocycles. The Hall–Kier alpha value is -14.0. The highest BCUT2D eigenvalue weighted by Crippen LogP contribution is 2.25. The van der Waals surface area contributed by atoms with E-state index in [1.54, 1.807) is 7.11 Å². The van der Waals surface area contributed by atoms with Gasteiger partial charge in [0.05, 0.1) is 124 Å². The second-order valence-corrected chi connectivity index (χ2v) is 25.5. The topological polar surface area (TPSA) is 260 Å². The Balaban J connectivity index is 0.000000469. The van der Waals surface area contributed by atoms with Gasteiger partial charge in [-0.2, -0.15) is 19.7 Å². The number of guanidine groups is 1. The van der Waals surface area contributed by atoms with E-state index in [1.807, 2.05) is 444 Å². The van der Waals surface area contributed by atoms with Crippen LogP contribution in [0.25, 0.3) is 0 Å². The standard InChI is InChI=1S/C17H18N6.C15H18N3O.C14H16N3.C13H18N5.C12H15N5.C11H13N5.6CH3/c1-22-11-12-23(2)17(22)21-20-16-9-7-15(8-10-16)19-14-5-3-13(18)4-6-14;1-17-10-8-13(9-11-17)12-16-18(2)14-4-6-15(19-3)7-5-14;1-16-10-8-13(9-11-16)12-15-17(2)14-6-4-3-5-7-14;1-16(2)12-7-5-11(6-8-12)14-15-13-17(3)9-10-18(13)4;1-13-10-4-6-11(7-5-10)14-15-12-16(2)8-9-17(12)3;1-15-7-8-16(2)11(15)14-13-10-5-3-9(12)4-6-10;;;;;;/h3-12H,1-2H3,(H2,18,20);4-12H,1-3H3;3-12H,1-2H3;5-10H,1-4H3;4-9H,1-3H3;3-8,12H,1-2H3;6*1H3/q;3*+1;;;6*-1/p+4. The number of nitrogen functional groups attached to an aromatic ring is 2. The zero-order chi connectivity index (χ0) is 78.9. The molecule has 5 aromatic heterocycles. The molecule has 28 heteroatoms. The van der Waals surface area contributed by atoms with Crippen molar-refractivity contribution in [1.29, 1.82) is 0 Å². The lowest BCUT2D eigenvalue weighted by Crippen LogP contribution is -3.06. The van der Waals surface area contributed by atoms with E-state index in [0.29, 0.717) is 0 Å². The van der Waals surface area contributed by atoms with Gasteiger partial charge in [-0.25, -0.2) is 36.5 Å². The summed E-state index contributed by atoms with van der Waals surface area (Å²) in [7, 11) is 31.0. The predicted octanol–water partition coefficient (Wildman–Crippen LogP) is 15.3. The Bertz CT molecular complexity index is 4990. The summed E-state index contributed by atoms with van der Waals surface area (Å²) < 4.78 is 22.6. The van der Waals surface area contributed by atoms with Crippen LogP contribution in [-0.2, 0) is 56.4 Å². The molecule has 0 amide bonds. The highest BCUT2D eigenvalue weighted by molar-refractivity contribution is 5.80. The van der Waals surface area contributed by atoms with Crippen molar-refractivity contribution in [2.24, 2.45) is 107 Å². The number of nitrogens with zero attached hydrogens (tertiary/aromatic N) is 22. The van der Waals surface area contributed by atoms with Gasteiger partial charge in [0.1, 0.15) is 60.1 Å². The lowest BCUT2D eigenvalue weighted by Gasteiger charge is -2.12. The van der Waals surface area contributed by atoms with Gasteiger partial charge in [0.2, 0.25) is 0 Å². The number of benzene rings is 7. The fourth-order valence-electron chi connectivity index (χ4n) is 9.85. The maximum atomic E-state index is 5.68. The fraction of sp³-hybridized carbons (Fsp3) is 0.182. The van der Waals surface area contributed by atoms with Crippen molar-refractivity contribution in [2.75, 3.05) is 93.5 Å². The number of ether oxygens (including phenoxy) is 1. The first-order valence-corrected chi connectivity index (χ1v) is 35.1. The molecule has 1 unspecified atom stereocenters. The third-order valence-electron chi connectivity index (χ3n) is 16.5. The number of hydrogen-bond donors (Lipinski definition) is 5. The summed E-state index contributed by atoms with van der Waals surface area (Å²) in [5.41, 5.74) is 24.5. The fourth-order valence-corrected chi connectivity index (χ4v) is 9.85. The molecule has 0 spiro atoms. The number of aryl methyl sites for hydroxylation is 8. The molecule has 7 N–H and O–H groups in total. The van der Waals surface area contributed by atoms with Gasteiger partial charge in [-0.05, 0) is 163 Å². The number of para-hydroxylation sites is 1. The van der Waals surface area contributed by atoms with E-state index < -0.39 is 0 Å². The summed E-state index contributed by atoms with van der Waals surface area (Å²) in [5.74, 6) is 4.12. The summed E-state index contributed by atoms with van der Waals surface area (Å²) in [6.45, 7) is 0. The number of quaternary nitrogens is 1. The largest absolute Gasteiger partial charge is 0.524 e. The zero-order valence-corrected chi connectivity index (χ0v) is 71.5. The number of anilines is 8. The summed E-state index contributed by atoms with van der Waals surface area (Å²) >= 11 is 0. The van der Waals surface area contributed by atoms with Crippen LogP contribution in [0.1, 0.15) is 11.1 Å². The third-order valence-corrected chi connectivity index (χ3v) is 16.5. The van der Waals surface area contributed by atoms with Crippen molar-refractivity contribution in [3.8, 4) is 5.75 Å². The number of rotatable bonds is 18. The van der Waals surface area contributed by atoms with E-state index >= 15 is 0 Å². The molecule has 0 aliphatic carbocycles. The van der Waals surface area contributed by atoms with Gasteiger partial charge in [0.15, 0.2) is 24.8 Å². The Morgan fingerprint density at radius 2 is 0.741 bits per heavy atom. The van der Waals surface area contributed by atoms with Crippen LogP contribution in [0, 0.1) is 44.6 Å². The molecule has 6 heterocycles. The van der Waals surface area contributed by atoms with Gasteiger partial charge in [-0.15, -0.1) is 0 Å². The van der Waals surface area contributed by atoms with Crippen molar-refractivity contribution >= 4 is 104 Å². The lowest BCUT2D eigenvalue weighted by molar-refractivity contribution is -0.735. The number of nitrogens with two attached hydrogens (primary N) is 2. The van der Waals surface area contributed by atoms with Crippen molar-refractivity contribution in [3.63, 3.8) is 0 Å². The number of imidazole rings is 3. The maximum Gasteiger partial charge on any atom is 0.524 e. The van der Waals surface area contributed by atoms with Crippen LogP contribution in [0.15, 0.2) is 326 Å². The number of hydrazone groups is 2. The minimum Gasteiger partial charge on any atom is -0.497 e. The molecular formula is C88H120N27O+. The van der Waals surface area contributed by atoms with Crippen LogP contribution in [0.3, 0.4) is 0 Å². The third kappa shape index (κ3) is 31.6. The van der Waals surface area contributed by atoms with Crippen LogP contribution in [0.4, 0.5) is 86.1 Å². The molecule has 1 aliphatic heterocycles. The van der Waals surface area contributed by atoms with Gasteiger partial charge in [0, 0.05) is 120 Å². The average molecular weight is 1570 g/mol. The maximum absolute atomic E-state index is 5.68. The molecular weight excluding hydrogens is 1450 g/mol. The number of hydrogen-bond acceptors (Lipinski definition) is 18. The van der Waals surface area contributed by atoms with Crippen molar-refractivity contribution in [2.45, 2.75) is 0 Å². The molecule has 612 valence electrons. The molecule has 1 atom stereocenters. The lowest BCUT2D eigenvalue weighted by atomic mass is 10.2. The van der Waals surface area contributed by atoms with Gasteiger partial charge in [0.25, 0.3) is 0 Å². The first kappa shape index (κ1) is 98.1. The van der Waals surface area contributed by atoms with E-state index in [1.165, 1.54) is 0 Å². The molecule has 0 fully saturated rings. The van der Waals surface area contributed by atoms with Crippen LogP contribution in [0.2, 0.25) is 0 Å². The second-order valence-electron chi connectivity index (χ2n) is 25.5. The molecule has 0 saturated heterocycles. The molecule has 0 saturated carbocycles. The number of pyridine rings is 2. The molecule has 0 radical (unpaired) electrons. The molecule has 1 aliphatic rings. The quantitative estimate of drug-likeness (QED) is 0.0137. The molecule has 13 rings (SSSR count). The summed E-state index contributed by atoms with van der Waals surface area (Å²) in [4.78, 5) is 3.17. The number of azo groups is 4. The summed E-state index contributed by atoms with van der Waals surface area (Å²) in [6, 6.07) is 64.4. The van der Waals surface area contributed by atoms with E-state index in [4.69, 9.17) is 16.2 Å². The molecule has 116 heavy (non-hydrogen) atoms. The minimum absolute atomic E-state index is 0. The first-order chi connectivity index (χ1) is 53.0. The highest BCUT2D eigenvalue weighted by atomic mass is 16.5. The second kappa shape index (κ2) is 50.1. The average Bonchev–Trinajstić information content (AvgIpc) is 1.80. The van der Waals surface area contributed by atoms with Crippen LogP contribution >= 0.6 is 0 Å². The smallest absolute Gasteiger partial charge is 0.497 e. The van der Waals surface area contributed by atoms with E-state index in [-0.39, 0.29) is 44.6 Å². The van der Waals surface area contributed by atoms with Crippen LogP contribution in [0.5, 0.6) is 5.75 Å². The Morgan fingerprint density at radius 3 is 1.09 bits per heavy atom. The van der Waals surface area contributed by atoms with Gasteiger partial charge >= 0.3 is 23.8 Å². The monoisotopic (exact) mass is 1570 g/mol. The Morgan fingerprint density at radius 1 is 0.405 bits per heavy atom. The van der Waals surface area contributed by atoms with Crippen molar-refractivity contribution in [1.82, 2.24) is 13.7 Å². The van der Waals surface area contributed by atoms with Gasteiger partial charge in [-0.3, -0.25) is 10.0 Å².